The van der Waals surface area contributed by atoms with Crippen LogP contribution in [0.2, 0.25) is 5.02 Å². The first-order chi connectivity index (χ1) is 8.75. The van der Waals surface area contributed by atoms with Crippen molar-refractivity contribution in [3.05, 3.63) is 57.6 Å². The Morgan fingerprint density at radius 1 is 1.22 bits per heavy atom. The fourth-order valence-electron chi connectivity index (χ4n) is 1.73. The smallest absolute Gasteiger partial charge is 0.212 e. The van der Waals surface area contributed by atoms with E-state index in [0.717, 1.165) is 10.9 Å². The van der Waals surface area contributed by atoms with Crippen LogP contribution in [0.3, 0.4) is 0 Å². The number of rotatable bonds is 2. The standard InChI is InChI=1S/C13H7ClN2OS/c14-10-3-4-15-11-2-1-8(5-9(10)11)13(17)12-6-18-7-16-12/h1-7H. The van der Waals surface area contributed by atoms with Crippen LogP contribution in [0.1, 0.15) is 16.1 Å². The van der Waals surface area contributed by atoms with Gasteiger partial charge in [-0.15, -0.1) is 11.3 Å². The second kappa shape index (κ2) is 4.48. The molecule has 0 aliphatic rings. The highest BCUT2D eigenvalue weighted by Crippen LogP contribution is 2.23. The minimum absolute atomic E-state index is 0.0990. The van der Waals surface area contributed by atoms with E-state index < -0.39 is 0 Å². The number of carbonyl (C=O) groups excluding carboxylic acids is 1. The number of halogens is 1. The summed E-state index contributed by atoms with van der Waals surface area (Å²) in [5.74, 6) is -0.0990. The molecule has 3 nitrogen and oxygen atoms in total. The van der Waals surface area contributed by atoms with E-state index in [0.29, 0.717) is 16.3 Å². The highest BCUT2D eigenvalue weighted by molar-refractivity contribution is 7.07. The third kappa shape index (κ3) is 1.89. The van der Waals surface area contributed by atoms with Crippen LogP contribution in [-0.4, -0.2) is 15.8 Å². The lowest BCUT2D eigenvalue weighted by Crippen LogP contribution is -2.01. The van der Waals surface area contributed by atoms with Crippen LogP contribution in [0, 0.1) is 0 Å². The van der Waals surface area contributed by atoms with E-state index in [1.807, 2.05) is 0 Å². The molecule has 88 valence electrons. The van der Waals surface area contributed by atoms with Gasteiger partial charge in [0.2, 0.25) is 5.78 Å². The average Bonchev–Trinajstić information content (AvgIpc) is 2.92. The first-order valence-electron chi connectivity index (χ1n) is 5.23. The van der Waals surface area contributed by atoms with Gasteiger partial charge in [0.25, 0.3) is 0 Å². The molecule has 0 N–H and O–H groups in total. The van der Waals surface area contributed by atoms with Crippen LogP contribution in [0.25, 0.3) is 10.9 Å². The van der Waals surface area contributed by atoms with Crippen molar-refractivity contribution < 1.29 is 4.79 Å². The zero-order chi connectivity index (χ0) is 12.5. The first kappa shape index (κ1) is 11.3. The van der Waals surface area contributed by atoms with Crippen LogP contribution >= 0.6 is 22.9 Å². The lowest BCUT2D eigenvalue weighted by Gasteiger charge is -2.02. The second-order valence-corrected chi connectivity index (χ2v) is 4.85. The summed E-state index contributed by atoms with van der Waals surface area (Å²) in [6, 6.07) is 7.00. The van der Waals surface area contributed by atoms with Crippen molar-refractivity contribution in [3.8, 4) is 0 Å². The number of thiazole rings is 1. The van der Waals surface area contributed by atoms with E-state index in [1.165, 1.54) is 11.3 Å². The molecule has 0 saturated heterocycles. The molecule has 0 amide bonds. The largest absolute Gasteiger partial charge is 0.287 e. The monoisotopic (exact) mass is 274 g/mol. The van der Waals surface area contributed by atoms with Gasteiger partial charge < -0.3 is 0 Å². The highest BCUT2D eigenvalue weighted by Gasteiger charge is 2.12. The van der Waals surface area contributed by atoms with Gasteiger partial charge in [-0.1, -0.05) is 11.6 Å². The fourth-order valence-corrected chi connectivity index (χ4v) is 2.47. The Morgan fingerprint density at radius 3 is 2.89 bits per heavy atom. The molecule has 0 radical (unpaired) electrons. The van der Waals surface area contributed by atoms with E-state index in [4.69, 9.17) is 11.6 Å². The van der Waals surface area contributed by atoms with Gasteiger partial charge in [-0.2, -0.15) is 0 Å². The lowest BCUT2D eigenvalue weighted by molar-refractivity contribution is 0.103. The van der Waals surface area contributed by atoms with Gasteiger partial charge in [0.05, 0.1) is 16.0 Å². The predicted molar refractivity (Wildman–Crippen MR) is 72.3 cm³/mol. The van der Waals surface area contributed by atoms with Crippen molar-refractivity contribution in [2.24, 2.45) is 0 Å². The Morgan fingerprint density at radius 2 is 2.11 bits per heavy atom. The topological polar surface area (TPSA) is 42.9 Å². The third-order valence-corrected chi connectivity index (χ3v) is 3.53. The van der Waals surface area contributed by atoms with Gasteiger partial charge in [0.1, 0.15) is 5.69 Å². The SMILES string of the molecule is O=C(c1ccc2nccc(Cl)c2c1)c1cscn1. The van der Waals surface area contributed by atoms with Crippen molar-refractivity contribution in [1.82, 2.24) is 9.97 Å². The molecule has 0 aliphatic carbocycles. The van der Waals surface area contributed by atoms with Gasteiger partial charge in [-0.05, 0) is 24.3 Å². The molecule has 3 rings (SSSR count). The summed E-state index contributed by atoms with van der Waals surface area (Å²) >= 11 is 7.49. The molecule has 3 aromatic rings. The molecule has 0 bridgehead atoms. The van der Waals surface area contributed by atoms with Crippen LogP contribution in [0.5, 0.6) is 0 Å². The lowest BCUT2D eigenvalue weighted by atomic mass is 10.1. The number of carbonyl (C=O) groups is 1. The number of ketones is 1. The Labute approximate surface area is 112 Å². The number of hydrogen-bond donors (Lipinski definition) is 0. The molecule has 0 fully saturated rings. The van der Waals surface area contributed by atoms with Crippen molar-refractivity contribution in [1.29, 1.82) is 0 Å². The van der Waals surface area contributed by atoms with Crippen molar-refractivity contribution in [2.45, 2.75) is 0 Å². The molecule has 0 unspecified atom stereocenters. The summed E-state index contributed by atoms with van der Waals surface area (Å²) in [4.78, 5) is 20.4. The van der Waals surface area contributed by atoms with E-state index in [1.54, 1.807) is 41.4 Å². The predicted octanol–water partition coefficient (Wildman–Crippen LogP) is 3.58. The molecule has 2 heterocycles. The summed E-state index contributed by atoms with van der Waals surface area (Å²) in [5.41, 5.74) is 3.45. The van der Waals surface area contributed by atoms with Gasteiger partial charge >= 0.3 is 0 Å². The normalized spacial score (nSPS) is 10.7. The molecular formula is C13H7ClN2OS. The van der Waals surface area contributed by atoms with Crippen LogP contribution < -0.4 is 0 Å². The first-order valence-corrected chi connectivity index (χ1v) is 6.55. The molecule has 0 saturated carbocycles. The zero-order valence-electron chi connectivity index (χ0n) is 9.13. The molecule has 2 aromatic heterocycles. The molecule has 0 aliphatic heterocycles. The maximum atomic E-state index is 12.1. The zero-order valence-corrected chi connectivity index (χ0v) is 10.7. The summed E-state index contributed by atoms with van der Waals surface area (Å²) in [6.07, 6.45) is 1.65. The van der Waals surface area contributed by atoms with Crippen LogP contribution in [0.4, 0.5) is 0 Å². The van der Waals surface area contributed by atoms with Crippen molar-refractivity contribution in [2.75, 3.05) is 0 Å². The van der Waals surface area contributed by atoms with Gasteiger partial charge in [0, 0.05) is 22.5 Å². The van der Waals surface area contributed by atoms with E-state index in [2.05, 4.69) is 9.97 Å². The summed E-state index contributed by atoms with van der Waals surface area (Å²) in [5, 5.41) is 3.10. The Bertz CT molecular complexity index is 725. The Kier molecular flexibility index (Phi) is 2.81. The Hall–Kier alpha value is -1.78. The van der Waals surface area contributed by atoms with Gasteiger partial charge in [-0.3, -0.25) is 9.78 Å². The van der Waals surface area contributed by atoms with Crippen molar-refractivity contribution in [3.63, 3.8) is 0 Å². The molecular weight excluding hydrogens is 268 g/mol. The molecule has 18 heavy (non-hydrogen) atoms. The number of fused-ring (bicyclic) bond motifs is 1. The average molecular weight is 275 g/mol. The number of pyridine rings is 1. The maximum absolute atomic E-state index is 12.1. The van der Waals surface area contributed by atoms with E-state index >= 15 is 0 Å². The summed E-state index contributed by atoms with van der Waals surface area (Å²) < 4.78 is 0. The number of hydrogen-bond acceptors (Lipinski definition) is 4. The minimum atomic E-state index is -0.0990. The molecule has 1 aromatic carbocycles. The number of aromatic nitrogens is 2. The molecule has 5 heteroatoms. The Balaban J connectivity index is 2.14. The number of benzene rings is 1. The quantitative estimate of drug-likeness (QED) is 0.671. The van der Waals surface area contributed by atoms with Gasteiger partial charge in [0.15, 0.2) is 0 Å². The van der Waals surface area contributed by atoms with E-state index in [-0.39, 0.29) is 5.78 Å². The summed E-state index contributed by atoms with van der Waals surface area (Å²) in [6.45, 7) is 0. The third-order valence-electron chi connectivity index (χ3n) is 2.62. The second-order valence-electron chi connectivity index (χ2n) is 3.73. The molecule has 0 spiro atoms. The molecule has 0 atom stereocenters. The maximum Gasteiger partial charge on any atom is 0.212 e. The fraction of sp³-hybridized carbons (Fsp3) is 0. The number of nitrogens with zero attached hydrogens (tertiary/aromatic N) is 2. The van der Waals surface area contributed by atoms with Gasteiger partial charge in [-0.25, -0.2) is 4.98 Å². The highest BCUT2D eigenvalue weighted by atomic mass is 35.5. The van der Waals surface area contributed by atoms with Crippen molar-refractivity contribution >= 4 is 39.6 Å². The summed E-state index contributed by atoms with van der Waals surface area (Å²) in [7, 11) is 0. The van der Waals surface area contributed by atoms with E-state index in [9.17, 15) is 4.79 Å². The van der Waals surface area contributed by atoms with Crippen LogP contribution in [0.15, 0.2) is 41.4 Å². The minimum Gasteiger partial charge on any atom is -0.287 e. The van der Waals surface area contributed by atoms with Crippen LogP contribution in [-0.2, 0) is 0 Å².